The highest BCUT2D eigenvalue weighted by molar-refractivity contribution is 5.74. The van der Waals surface area contributed by atoms with Crippen molar-refractivity contribution in [2.24, 2.45) is 10.8 Å². The number of piperidine rings is 1. The number of carbonyl (C=O) groups is 1. The Labute approximate surface area is 121 Å². The van der Waals surface area contributed by atoms with Gasteiger partial charge in [0.15, 0.2) is 0 Å². The number of carbonyl (C=O) groups excluding carboxylic acids is 1. The van der Waals surface area contributed by atoms with Crippen molar-refractivity contribution in [3.8, 4) is 0 Å². The summed E-state index contributed by atoms with van der Waals surface area (Å²) in [5, 5.41) is 5.54. The third kappa shape index (κ3) is 2.22. The Morgan fingerprint density at radius 1 is 1.48 bits per heavy atom. The number of fused-ring (bicyclic) bond motifs is 1. The van der Waals surface area contributed by atoms with Crippen LogP contribution < -0.4 is 10.6 Å². The van der Waals surface area contributed by atoms with E-state index in [1.54, 1.807) is 4.90 Å². The van der Waals surface area contributed by atoms with Crippen LogP contribution in [0.25, 0.3) is 0 Å². The van der Waals surface area contributed by atoms with Gasteiger partial charge in [-0.25, -0.2) is 4.79 Å². The summed E-state index contributed by atoms with van der Waals surface area (Å²) >= 11 is 0. The van der Waals surface area contributed by atoms with Crippen LogP contribution in [0.15, 0.2) is 11.6 Å². The summed E-state index contributed by atoms with van der Waals surface area (Å²) < 4.78 is 39.6. The smallest absolute Gasteiger partial charge is 0.337 e. The zero-order valence-corrected chi connectivity index (χ0v) is 12.0. The van der Waals surface area contributed by atoms with E-state index in [9.17, 15) is 18.0 Å². The van der Waals surface area contributed by atoms with Crippen LogP contribution >= 0.6 is 0 Å². The molecule has 3 rings (SSSR count). The van der Waals surface area contributed by atoms with E-state index in [0.29, 0.717) is 19.6 Å². The summed E-state index contributed by atoms with van der Waals surface area (Å²) in [5.74, 6) is 0. The summed E-state index contributed by atoms with van der Waals surface area (Å²) in [4.78, 5) is 13.8. The van der Waals surface area contributed by atoms with Gasteiger partial charge < -0.3 is 15.5 Å². The molecule has 7 heteroatoms. The number of halogens is 3. The number of urea groups is 1. The third-order valence-corrected chi connectivity index (χ3v) is 5.16. The van der Waals surface area contributed by atoms with E-state index in [0.717, 1.165) is 12.0 Å². The van der Waals surface area contributed by atoms with Crippen LogP contribution in [-0.4, -0.2) is 49.8 Å². The fourth-order valence-electron chi connectivity index (χ4n) is 3.77. The Morgan fingerprint density at radius 3 is 2.86 bits per heavy atom. The van der Waals surface area contributed by atoms with Crippen molar-refractivity contribution < 1.29 is 18.0 Å². The average molecular weight is 303 g/mol. The lowest BCUT2D eigenvalue weighted by Crippen LogP contribution is -2.46. The molecule has 4 nitrogen and oxygen atoms in total. The minimum Gasteiger partial charge on any atom is -0.337 e. The molecule has 21 heavy (non-hydrogen) atoms. The maximum Gasteiger partial charge on any atom is 0.396 e. The highest BCUT2D eigenvalue weighted by Crippen LogP contribution is 2.72. The standard InChI is InChI=1S/C14H20F3N3O/c1-10-3-2-4-20(5-10)11(21)19-8-12-6-13(12,9-18-7-12)14(15,16)17/h3,18H,2,4-9H2,1H3,(H,19,21)/t12-,13-/m1/s1. The SMILES string of the molecule is CC1=CCCN(C(=O)NC[C@@]23CNC[C@]2(C(F)(F)F)C3)C1. The van der Waals surface area contributed by atoms with Crippen LogP contribution in [0.3, 0.4) is 0 Å². The van der Waals surface area contributed by atoms with E-state index < -0.39 is 17.0 Å². The number of hydrogen-bond acceptors (Lipinski definition) is 2. The predicted octanol–water partition coefficient (Wildman–Crippen LogP) is 1.89. The van der Waals surface area contributed by atoms with Crippen LogP contribution in [0.4, 0.5) is 18.0 Å². The Hall–Kier alpha value is -1.24. The van der Waals surface area contributed by atoms with Crippen LogP contribution in [0.2, 0.25) is 0 Å². The Balaban J connectivity index is 1.59. The summed E-state index contributed by atoms with van der Waals surface area (Å²) in [6.07, 6.45) is -1.20. The second-order valence-corrected chi connectivity index (χ2v) is 6.56. The van der Waals surface area contributed by atoms with E-state index >= 15 is 0 Å². The molecule has 0 aromatic heterocycles. The van der Waals surface area contributed by atoms with Crippen molar-refractivity contribution in [2.75, 3.05) is 32.7 Å². The first kappa shape index (κ1) is 14.7. The molecule has 2 heterocycles. The van der Waals surface area contributed by atoms with Gasteiger partial charge in [0, 0.05) is 38.1 Å². The number of nitrogens with one attached hydrogen (secondary N) is 2. The highest BCUT2D eigenvalue weighted by Gasteiger charge is 2.81. The van der Waals surface area contributed by atoms with Gasteiger partial charge in [0.1, 0.15) is 0 Å². The maximum atomic E-state index is 13.2. The Bertz CT molecular complexity index is 490. The molecule has 0 aromatic carbocycles. The summed E-state index contributed by atoms with van der Waals surface area (Å²) in [6.45, 7) is 3.52. The molecule has 1 saturated carbocycles. The normalized spacial score (nSPS) is 35.2. The zero-order valence-electron chi connectivity index (χ0n) is 12.0. The van der Waals surface area contributed by atoms with Crippen molar-refractivity contribution in [3.63, 3.8) is 0 Å². The van der Waals surface area contributed by atoms with Gasteiger partial charge in [0.25, 0.3) is 0 Å². The van der Waals surface area contributed by atoms with Gasteiger partial charge >= 0.3 is 12.2 Å². The fraction of sp³-hybridized carbons (Fsp3) is 0.786. The lowest BCUT2D eigenvalue weighted by atomic mass is 9.95. The number of nitrogens with zero attached hydrogens (tertiary/aromatic N) is 1. The van der Waals surface area contributed by atoms with Gasteiger partial charge in [0.2, 0.25) is 0 Å². The number of rotatable bonds is 2. The highest BCUT2D eigenvalue weighted by atomic mass is 19.4. The van der Waals surface area contributed by atoms with Gasteiger partial charge in [-0.15, -0.1) is 0 Å². The maximum absolute atomic E-state index is 13.2. The van der Waals surface area contributed by atoms with Crippen molar-refractivity contribution in [1.82, 2.24) is 15.5 Å². The molecule has 1 aliphatic carbocycles. The molecule has 3 aliphatic rings. The minimum absolute atomic E-state index is 0.0298. The van der Waals surface area contributed by atoms with E-state index in [4.69, 9.17) is 0 Å². The van der Waals surface area contributed by atoms with Gasteiger partial charge in [-0.05, 0) is 19.8 Å². The first-order chi connectivity index (χ1) is 9.80. The molecule has 0 unspecified atom stereocenters. The van der Waals surface area contributed by atoms with Gasteiger partial charge in [-0.2, -0.15) is 13.2 Å². The topological polar surface area (TPSA) is 44.4 Å². The molecule has 0 radical (unpaired) electrons. The molecule has 1 saturated heterocycles. The van der Waals surface area contributed by atoms with Crippen molar-refractivity contribution in [2.45, 2.75) is 25.9 Å². The summed E-state index contributed by atoms with van der Waals surface area (Å²) in [5.41, 5.74) is -1.36. The number of amides is 2. The minimum atomic E-state index is -4.20. The Kier molecular flexibility index (Phi) is 3.24. The van der Waals surface area contributed by atoms with Crippen molar-refractivity contribution in [1.29, 1.82) is 0 Å². The molecule has 2 aliphatic heterocycles. The molecule has 0 spiro atoms. The summed E-state index contributed by atoms with van der Waals surface area (Å²) in [7, 11) is 0. The second kappa shape index (κ2) is 4.63. The lowest BCUT2D eigenvalue weighted by Gasteiger charge is -2.28. The molecule has 2 amide bonds. The molecule has 2 fully saturated rings. The number of alkyl halides is 3. The molecule has 2 atom stereocenters. The van der Waals surface area contributed by atoms with E-state index in [1.165, 1.54) is 0 Å². The van der Waals surface area contributed by atoms with Crippen LogP contribution in [0, 0.1) is 10.8 Å². The monoisotopic (exact) mass is 303 g/mol. The fourth-order valence-corrected chi connectivity index (χ4v) is 3.77. The van der Waals surface area contributed by atoms with Crippen molar-refractivity contribution in [3.05, 3.63) is 11.6 Å². The van der Waals surface area contributed by atoms with E-state index in [-0.39, 0.29) is 25.5 Å². The number of hydrogen-bond donors (Lipinski definition) is 2. The molecular weight excluding hydrogens is 283 g/mol. The lowest BCUT2D eigenvalue weighted by molar-refractivity contribution is -0.190. The molecule has 0 bridgehead atoms. The van der Waals surface area contributed by atoms with E-state index in [2.05, 4.69) is 16.7 Å². The predicted molar refractivity (Wildman–Crippen MR) is 71.8 cm³/mol. The first-order valence-electron chi connectivity index (χ1n) is 7.26. The largest absolute Gasteiger partial charge is 0.396 e. The van der Waals surface area contributed by atoms with Crippen LogP contribution in [-0.2, 0) is 0 Å². The quantitative estimate of drug-likeness (QED) is 0.765. The average Bonchev–Trinajstić information content (AvgIpc) is 2.93. The van der Waals surface area contributed by atoms with Crippen LogP contribution in [0.1, 0.15) is 19.8 Å². The zero-order chi connectivity index (χ0) is 15.3. The molecular formula is C14H20F3N3O. The van der Waals surface area contributed by atoms with Crippen LogP contribution in [0.5, 0.6) is 0 Å². The molecule has 2 N–H and O–H groups in total. The van der Waals surface area contributed by atoms with E-state index in [1.807, 2.05) is 6.92 Å². The Morgan fingerprint density at radius 2 is 2.24 bits per heavy atom. The second-order valence-electron chi connectivity index (χ2n) is 6.56. The molecule has 118 valence electrons. The van der Waals surface area contributed by atoms with Gasteiger partial charge in [-0.1, -0.05) is 11.6 Å². The van der Waals surface area contributed by atoms with Gasteiger partial charge in [0.05, 0.1) is 5.41 Å². The van der Waals surface area contributed by atoms with Crippen molar-refractivity contribution >= 4 is 6.03 Å². The van der Waals surface area contributed by atoms with Gasteiger partial charge in [-0.3, -0.25) is 0 Å². The molecule has 0 aromatic rings. The summed E-state index contributed by atoms with van der Waals surface area (Å²) in [6, 6.07) is -0.258. The first-order valence-corrected chi connectivity index (χ1v) is 7.26. The third-order valence-electron chi connectivity index (χ3n) is 5.16.